The predicted octanol–water partition coefficient (Wildman–Crippen LogP) is 2.80. The number of nitriles is 1. The second kappa shape index (κ2) is 9.71. The van der Waals surface area contributed by atoms with Gasteiger partial charge in [0.15, 0.2) is 5.16 Å². The van der Waals surface area contributed by atoms with Gasteiger partial charge in [-0.05, 0) is 17.7 Å². The zero-order valence-electron chi connectivity index (χ0n) is 15.4. The number of carbonyl (C=O) groups excluding carboxylic acids is 1. The van der Waals surface area contributed by atoms with Gasteiger partial charge in [0.05, 0.1) is 30.5 Å². The van der Waals surface area contributed by atoms with Crippen LogP contribution in [0.25, 0.3) is 0 Å². The van der Waals surface area contributed by atoms with Gasteiger partial charge in [0.2, 0.25) is 5.91 Å². The first kappa shape index (κ1) is 20.4. The van der Waals surface area contributed by atoms with Gasteiger partial charge in [-0.3, -0.25) is 9.36 Å². The average Bonchev–Trinajstić information content (AvgIpc) is 3.08. The molecule has 0 bridgehead atoms. The molecule has 9 heteroatoms. The van der Waals surface area contributed by atoms with Crippen LogP contribution < -0.4 is 10.6 Å². The number of aromatic amines is 1. The fourth-order valence-electron chi connectivity index (χ4n) is 2.73. The number of thioether (sulfide) groups is 1. The quantitative estimate of drug-likeness (QED) is 0.575. The van der Waals surface area contributed by atoms with Crippen molar-refractivity contribution in [3.63, 3.8) is 0 Å². The van der Waals surface area contributed by atoms with Gasteiger partial charge < -0.3 is 4.90 Å². The number of carbonyl (C=O) groups is 1. The Labute approximate surface area is 170 Å². The number of aromatic nitrogens is 3. The standard InChI is InChI=1S/C20H18FN5O2S/c21-16-9-4-5-10-17(16)25(12-6-11-22)18(27)14-29-20-24-23-19(28)26(20)13-15-7-2-1-3-8-15/h1-5,7-10H,6,12-14H2,(H,23,28). The number of halogens is 1. The largest absolute Gasteiger partial charge is 0.344 e. The Kier molecular flexibility index (Phi) is 6.81. The number of H-pyrrole nitrogens is 1. The number of benzene rings is 2. The second-order valence-electron chi connectivity index (χ2n) is 6.08. The zero-order valence-corrected chi connectivity index (χ0v) is 16.2. The third kappa shape index (κ3) is 5.12. The summed E-state index contributed by atoms with van der Waals surface area (Å²) in [6, 6.07) is 17.3. The van der Waals surface area contributed by atoms with Gasteiger partial charge in [-0.1, -0.05) is 54.2 Å². The SMILES string of the molecule is N#CCCN(C(=O)CSc1n[nH]c(=O)n1Cc1ccccc1)c1ccccc1F. The topological polar surface area (TPSA) is 94.8 Å². The summed E-state index contributed by atoms with van der Waals surface area (Å²) in [7, 11) is 0. The minimum atomic E-state index is -0.537. The summed E-state index contributed by atoms with van der Waals surface area (Å²) >= 11 is 1.08. The van der Waals surface area contributed by atoms with E-state index in [0.717, 1.165) is 17.3 Å². The first-order valence-electron chi connectivity index (χ1n) is 8.84. The molecule has 0 spiro atoms. The highest BCUT2D eigenvalue weighted by Crippen LogP contribution is 2.22. The lowest BCUT2D eigenvalue weighted by atomic mass is 10.2. The molecule has 148 valence electrons. The van der Waals surface area contributed by atoms with E-state index in [9.17, 15) is 14.0 Å². The molecule has 2 aromatic carbocycles. The van der Waals surface area contributed by atoms with Crippen molar-refractivity contribution in [2.24, 2.45) is 0 Å². The van der Waals surface area contributed by atoms with Crippen LogP contribution in [-0.4, -0.2) is 33.0 Å². The lowest BCUT2D eigenvalue weighted by Crippen LogP contribution is -2.34. The highest BCUT2D eigenvalue weighted by Gasteiger charge is 2.20. The van der Waals surface area contributed by atoms with E-state index >= 15 is 0 Å². The summed E-state index contributed by atoms with van der Waals surface area (Å²) in [4.78, 5) is 26.1. The van der Waals surface area contributed by atoms with Crippen LogP contribution in [-0.2, 0) is 11.3 Å². The van der Waals surface area contributed by atoms with E-state index in [1.165, 1.54) is 27.7 Å². The number of hydrogen-bond donors (Lipinski definition) is 1. The van der Waals surface area contributed by atoms with Crippen molar-refractivity contribution in [1.82, 2.24) is 14.8 Å². The molecule has 0 radical (unpaired) electrons. The summed E-state index contributed by atoms with van der Waals surface area (Å²) in [5.74, 6) is -0.972. The number of rotatable bonds is 8. The first-order valence-corrected chi connectivity index (χ1v) is 9.82. The number of nitrogens with one attached hydrogen (secondary N) is 1. The molecule has 0 aliphatic heterocycles. The van der Waals surface area contributed by atoms with Crippen LogP contribution in [0.4, 0.5) is 10.1 Å². The van der Waals surface area contributed by atoms with Crippen LogP contribution in [0.15, 0.2) is 64.5 Å². The normalized spacial score (nSPS) is 10.5. The van der Waals surface area contributed by atoms with Crippen LogP contribution in [0.3, 0.4) is 0 Å². The molecule has 3 aromatic rings. The number of para-hydroxylation sites is 1. The second-order valence-corrected chi connectivity index (χ2v) is 7.02. The van der Waals surface area contributed by atoms with Crippen LogP contribution >= 0.6 is 11.8 Å². The van der Waals surface area contributed by atoms with Gasteiger partial charge >= 0.3 is 5.69 Å². The fourth-order valence-corrected chi connectivity index (χ4v) is 3.56. The molecular formula is C20H18FN5O2S. The van der Waals surface area contributed by atoms with Crippen molar-refractivity contribution < 1.29 is 9.18 Å². The maximum atomic E-state index is 14.2. The minimum absolute atomic E-state index is 0.0567. The number of nitrogens with zero attached hydrogens (tertiary/aromatic N) is 4. The van der Waals surface area contributed by atoms with Crippen molar-refractivity contribution >= 4 is 23.4 Å². The molecule has 0 fully saturated rings. The fraction of sp³-hybridized carbons (Fsp3) is 0.200. The van der Waals surface area contributed by atoms with E-state index in [1.807, 2.05) is 36.4 Å². The molecule has 3 rings (SSSR count). The van der Waals surface area contributed by atoms with E-state index < -0.39 is 5.82 Å². The number of amides is 1. The molecule has 0 aliphatic carbocycles. The number of hydrogen-bond acceptors (Lipinski definition) is 5. The zero-order chi connectivity index (χ0) is 20.6. The Hall–Kier alpha value is -3.38. The maximum absolute atomic E-state index is 14.2. The van der Waals surface area contributed by atoms with Crippen LogP contribution in [0, 0.1) is 17.1 Å². The molecule has 1 aromatic heterocycles. The highest BCUT2D eigenvalue weighted by molar-refractivity contribution is 7.99. The highest BCUT2D eigenvalue weighted by atomic mass is 32.2. The molecule has 0 aliphatic rings. The van der Waals surface area contributed by atoms with Crippen molar-refractivity contribution in [1.29, 1.82) is 5.26 Å². The van der Waals surface area contributed by atoms with Crippen LogP contribution in [0.5, 0.6) is 0 Å². The lowest BCUT2D eigenvalue weighted by Gasteiger charge is -2.22. The van der Waals surface area contributed by atoms with E-state index in [-0.39, 0.29) is 36.0 Å². The molecule has 0 unspecified atom stereocenters. The summed E-state index contributed by atoms with van der Waals surface area (Å²) in [6.45, 7) is 0.395. The molecule has 0 atom stereocenters. The summed E-state index contributed by atoms with van der Waals surface area (Å²) in [5.41, 5.74) is 0.669. The molecule has 0 saturated heterocycles. The minimum Gasteiger partial charge on any atom is -0.308 e. The first-order chi connectivity index (χ1) is 14.1. The molecule has 29 heavy (non-hydrogen) atoms. The Morgan fingerprint density at radius 2 is 1.93 bits per heavy atom. The summed E-state index contributed by atoms with van der Waals surface area (Å²) in [6.07, 6.45) is 0.0753. The van der Waals surface area contributed by atoms with Gasteiger partial charge in [0.25, 0.3) is 0 Å². The van der Waals surface area contributed by atoms with Crippen molar-refractivity contribution in [3.05, 3.63) is 76.5 Å². The average molecular weight is 411 g/mol. The van der Waals surface area contributed by atoms with Crippen LogP contribution in [0.2, 0.25) is 0 Å². The van der Waals surface area contributed by atoms with Crippen LogP contribution in [0.1, 0.15) is 12.0 Å². The predicted molar refractivity (Wildman–Crippen MR) is 108 cm³/mol. The molecule has 7 nitrogen and oxygen atoms in total. The third-order valence-corrected chi connectivity index (χ3v) is 5.08. The Bertz CT molecular complexity index is 1070. The van der Waals surface area contributed by atoms with Gasteiger partial charge in [0.1, 0.15) is 5.82 Å². The van der Waals surface area contributed by atoms with E-state index in [0.29, 0.717) is 11.7 Å². The van der Waals surface area contributed by atoms with E-state index in [2.05, 4.69) is 10.2 Å². The van der Waals surface area contributed by atoms with Gasteiger partial charge in [-0.15, -0.1) is 5.10 Å². The number of anilines is 1. The summed E-state index contributed by atoms with van der Waals surface area (Å²) in [5, 5.41) is 15.6. The molecular weight excluding hydrogens is 393 g/mol. The van der Waals surface area contributed by atoms with Crippen molar-refractivity contribution in [2.75, 3.05) is 17.2 Å². The Morgan fingerprint density at radius 3 is 2.66 bits per heavy atom. The molecule has 0 saturated carbocycles. The monoisotopic (exact) mass is 411 g/mol. The Balaban J connectivity index is 1.74. The summed E-state index contributed by atoms with van der Waals surface area (Å²) < 4.78 is 15.6. The van der Waals surface area contributed by atoms with Crippen molar-refractivity contribution in [3.8, 4) is 6.07 Å². The third-order valence-electron chi connectivity index (χ3n) is 4.12. The maximum Gasteiger partial charge on any atom is 0.344 e. The van der Waals surface area contributed by atoms with E-state index in [4.69, 9.17) is 5.26 Å². The smallest absolute Gasteiger partial charge is 0.308 e. The Morgan fingerprint density at radius 1 is 1.21 bits per heavy atom. The molecule has 1 amide bonds. The van der Waals surface area contributed by atoms with E-state index in [1.54, 1.807) is 6.07 Å². The molecule has 1 heterocycles. The van der Waals surface area contributed by atoms with Gasteiger partial charge in [-0.2, -0.15) is 5.26 Å². The van der Waals surface area contributed by atoms with Gasteiger partial charge in [-0.25, -0.2) is 14.3 Å². The molecule has 1 N–H and O–H groups in total. The van der Waals surface area contributed by atoms with Gasteiger partial charge in [0, 0.05) is 6.54 Å². The van der Waals surface area contributed by atoms with Crippen molar-refractivity contribution in [2.45, 2.75) is 18.1 Å². The lowest BCUT2D eigenvalue weighted by molar-refractivity contribution is -0.116.